The van der Waals surface area contributed by atoms with Crippen LogP contribution >= 0.6 is 0 Å². The number of benzene rings is 1. The lowest BCUT2D eigenvalue weighted by molar-refractivity contribution is 0.414. The van der Waals surface area contributed by atoms with Crippen molar-refractivity contribution < 1.29 is 4.74 Å². The summed E-state index contributed by atoms with van der Waals surface area (Å²) in [5.74, 6) is 0.872. The fourth-order valence-electron chi connectivity index (χ4n) is 1.70. The monoisotopic (exact) mass is 216 g/mol. The van der Waals surface area contributed by atoms with Crippen molar-refractivity contribution in [3.63, 3.8) is 0 Å². The van der Waals surface area contributed by atoms with E-state index in [4.69, 9.17) is 10.5 Å². The average molecular weight is 216 g/mol. The molecule has 0 aliphatic heterocycles. The zero-order valence-electron chi connectivity index (χ0n) is 9.31. The minimum Gasteiger partial charge on any atom is -0.497 e. The van der Waals surface area contributed by atoms with E-state index in [2.05, 4.69) is 4.98 Å². The van der Waals surface area contributed by atoms with Crippen molar-refractivity contribution in [1.29, 1.82) is 0 Å². The minimum atomic E-state index is 0.0170. The molecule has 0 bridgehead atoms. The maximum absolute atomic E-state index is 6.08. The van der Waals surface area contributed by atoms with Crippen molar-refractivity contribution in [3.05, 3.63) is 53.9 Å². The molecule has 0 fully saturated rings. The van der Waals surface area contributed by atoms with Crippen molar-refractivity contribution in [2.75, 3.05) is 7.11 Å². The molecule has 3 nitrogen and oxygen atoms in total. The average Bonchev–Trinajstić information content (AvgIpc) is 2.83. The van der Waals surface area contributed by atoms with Gasteiger partial charge in [0, 0.05) is 17.9 Å². The van der Waals surface area contributed by atoms with E-state index in [9.17, 15) is 0 Å². The quantitative estimate of drug-likeness (QED) is 0.823. The lowest BCUT2D eigenvalue weighted by Crippen LogP contribution is -2.13. The number of nitrogens with two attached hydrogens (primary N) is 1. The first-order valence-corrected chi connectivity index (χ1v) is 5.31. The van der Waals surface area contributed by atoms with Gasteiger partial charge in [-0.15, -0.1) is 0 Å². The topological polar surface area (TPSA) is 51.0 Å². The van der Waals surface area contributed by atoms with Crippen LogP contribution in [0.15, 0.2) is 42.6 Å². The van der Waals surface area contributed by atoms with Crippen LogP contribution in [0.1, 0.15) is 17.3 Å². The largest absolute Gasteiger partial charge is 0.497 e. The van der Waals surface area contributed by atoms with Gasteiger partial charge in [-0.3, -0.25) is 0 Å². The highest BCUT2D eigenvalue weighted by Crippen LogP contribution is 2.17. The Labute approximate surface area is 95.2 Å². The lowest BCUT2D eigenvalue weighted by atomic mass is 10.0. The molecule has 0 aliphatic carbocycles. The molecule has 0 saturated carbocycles. The predicted octanol–water partition coefficient (Wildman–Crippen LogP) is 2.27. The Morgan fingerprint density at radius 3 is 2.56 bits per heavy atom. The summed E-state index contributed by atoms with van der Waals surface area (Å²) in [6.45, 7) is 0. The van der Waals surface area contributed by atoms with E-state index in [1.807, 2.05) is 42.6 Å². The van der Waals surface area contributed by atoms with E-state index in [-0.39, 0.29) is 6.04 Å². The second-order valence-corrected chi connectivity index (χ2v) is 3.78. The second kappa shape index (κ2) is 4.86. The SMILES string of the molecule is COc1ccc(CC(N)c2ccc[nH]2)cc1. The van der Waals surface area contributed by atoms with Crippen molar-refractivity contribution in [2.24, 2.45) is 5.73 Å². The molecule has 0 aliphatic rings. The summed E-state index contributed by atoms with van der Waals surface area (Å²) >= 11 is 0. The molecule has 2 rings (SSSR count). The highest BCUT2D eigenvalue weighted by Gasteiger charge is 2.07. The van der Waals surface area contributed by atoms with Gasteiger partial charge >= 0.3 is 0 Å². The predicted molar refractivity (Wildman–Crippen MR) is 64.4 cm³/mol. The molecular weight excluding hydrogens is 200 g/mol. The number of hydrogen-bond acceptors (Lipinski definition) is 2. The standard InChI is InChI=1S/C13H16N2O/c1-16-11-6-4-10(5-7-11)9-12(14)13-3-2-8-15-13/h2-8,12,15H,9,14H2,1H3. The molecule has 2 aromatic rings. The summed E-state index contributed by atoms with van der Waals surface area (Å²) in [6.07, 6.45) is 2.72. The first kappa shape index (κ1) is 10.8. The second-order valence-electron chi connectivity index (χ2n) is 3.78. The number of ether oxygens (including phenoxy) is 1. The highest BCUT2D eigenvalue weighted by atomic mass is 16.5. The summed E-state index contributed by atoms with van der Waals surface area (Å²) in [5.41, 5.74) is 8.36. The van der Waals surface area contributed by atoms with Crippen molar-refractivity contribution in [2.45, 2.75) is 12.5 Å². The van der Waals surface area contributed by atoms with E-state index < -0.39 is 0 Å². The van der Waals surface area contributed by atoms with E-state index in [0.717, 1.165) is 17.9 Å². The Bertz CT molecular complexity index is 420. The van der Waals surface area contributed by atoms with Gasteiger partial charge in [-0.25, -0.2) is 0 Å². The van der Waals surface area contributed by atoms with Gasteiger partial charge in [0.2, 0.25) is 0 Å². The summed E-state index contributed by atoms with van der Waals surface area (Å²) in [5, 5.41) is 0. The molecule has 0 spiro atoms. The molecule has 1 aromatic heterocycles. The van der Waals surface area contributed by atoms with Crippen LogP contribution < -0.4 is 10.5 Å². The molecule has 1 aromatic carbocycles. The third-order valence-corrected chi connectivity index (χ3v) is 2.64. The summed E-state index contributed by atoms with van der Waals surface area (Å²) in [4.78, 5) is 3.13. The highest BCUT2D eigenvalue weighted by molar-refractivity contribution is 5.28. The molecule has 1 unspecified atom stereocenters. The van der Waals surface area contributed by atoms with Crippen LogP contribution in [0.2, 0.25) is 0 Å². The molecule has 0 saturated heterocycles. The smallest absolute Gasteiger partial charge is 0.118 e. The molecule has 0 radical (unpaired) electrons. The van der Waals surface area contributed by atoms with Crippen LogP contribution in [0, 0.1) is 0 Å². The van der Waals surface area contributed by atoms with E-state index in [1.54, 1.807) is 7.11 Å². The van der Waals surface area contributed by atoms with Crippen LogP contribution in [-0.4, -0.2) is 12.1 Å². The van der Waals surface area contributed by atoms with Crippen LogP contribution in [0.5, 0.6) is 5.75 Å². The summed E-state index contributed by atoms with van der Waals surface area (Å²) in [6, 6.07) is 12.0. The molecule has 3 heteroatoms. The maximum atomic E-state index is 6.08. The van der Waals surface area contributed by atoms with Crippen LogP contribution in [0.3, 0.4) is 0 Å². The third-order valence-electron chi connectivity index (χ3n) is 2.64. The minimum absolute atomic E-state index is 0.0170. The Hall–Kier alpha value is -1.74. The van der Waals surface area contributed by atoms with Gasteiger partial charge in [-0.05, 0) is 36.2 Å². The lowest BCUT2D eigenvalue weighted by Gasteiger charge is -2.10. The molecule has 1 heterocycles. The number of H-pyrrole nitrogens is 1. The van der Waals surface area contributed by atoms with Gasteiger partial charge in [0.25, 0.3) is 0 Å². The number of nitrogens with one attached hydrogen (secondary N) is 1. The molecule has 1 atom stereocenters. The molecule has 16 heavy (non-hydrogen) atoms. The number of rotatable bonds is 4. The Morgan fingerprint density at radius 1 is 1.25 bits per heavy atom. The Kier molecular flexibility index (Phi) is 3.27. The molecule has 84 valence electrons. The first-order chi connectivity index (χ1) is 7.79. The molecular formula is C13H16N2O. The van der Waals surface area contributed by atoms with E-state index in [0.29, 0.717) is 0 Å². The van der Waals surface area contributed by atoms with Crippen LogP contribution in [0.4, 0.5) is 0 Å². The maximum Gasteiger partial charge on any atom is 0.118 e. The third kappa shape index (κ3) is 2.44. The fourth-order valence-corrected chi connectivity index (χ4v) is 1.70. The van der Waals surface area contributed by atoms with Gasteiger partial charge in [-0.2, -0.15) is 0 Å². The zero-order chi connectivity index (χ0) is 11.4. The van der Waals surface area contributed by atoms with Crippen molar-refractivity contribution in [1.82, 2.24) is 4.98 Å². The van der Waals surface area contributed by atoms with Gasteiger partial charge in [0.05, 0.1) is 7.11 Å². The number of aromatic amines is 1. The van der Waals surface area contributed by atoms with Crippen molar-refractivity contribution >= 4 is 0 Å². The Morgan fingerprint density at radius 2 is 2.00 bits per heavy atom. The van der Waals surface area contributed by atoms with E-state index >= 15 is 0 Å². The van der Waals surface area contributed by atoms with Crippen LogP contribution in [-0.2, 0) is 6.42 Å². The first-order valence-electron chi connectivity index (χ1n) is 5.31. The number of methoxy groups -OCH3 is 1. The van der Waals surface area contributed by atoms with Gasteiger partial charge in [0.15, 0.2) is 0 Å². The zero-order valence-corrected chi connectivity index (χ0v) is 9.31. The normalized spacial score (nSPS) is 12.4. The molecule has 3 N–H and O–H groups in total. The Balaban J connectivity index is 2.03. The summed E-state index contributed by atoms with van der Waals surface area (Å²) in [7, 11) is 1.67. The number of aromatic nitrogens is 1. The van der Waals surface area contributed by atoms with Crippen LogP contribution in [0.25, 0.3) is 0 Å². The van der Waals surface area contributed by atoms with E-state index in [1.165, 1.54) is 5.56 Å². The van der Waals surface area contributed by atoms with Gasteiger partial charge in [0.1, 0.15) is 5.75 Å². The van der Waals surface area contributed by atoms with Gasteiger partial charge in [-0.1, -0.05) is 12.1 Å². The number of hydrogen-bond donors (Lipinski definition) is 2. The van der Waals surface area contributed by atoms with Gasteiger partial charge < -0.3 is 15.5 Å². The fraction of sp³-hybridized carbons (Fsp3) is 0.231. The molecule has 0 amide bonds. The summed E-state index contributed by atoms with van der Waals surface area (Å²) < 4.78 is 5.11. The van der Waals surface area contributed by atoms with Crippen molar-refractivity contribution in [3.8, 4) is 5.75 Å².